The number of aryl methyl sites for hydroxylation is 2. The van der Waals surface area contributed by atoms with E-state index in [4.69, 9.17) is 0 Å². The second kappa shape index (κ2) is 5.06. The fraction of sp³-hybridized carbons (Fsp3) is 0.368. The molecule has 2 atom stereocenters. The van der Waals surface area contributed by atoms with E-state index in [0.717, 1.165) is 6.54 Å². The molecule has 0 spiro atoms. The van der Waals surface area contributed by atoms with Gasteiger partial charge in [-0.1, -0.05) is 42.5 Å². The third-order valence-corrected chi connectivity index (χ3v) is 4.76. The molecule has 2 aromatic rings. The molecule has 0 N–H and O–H groups in total. The largest absolute Gasteiger partial charge is 0.286 e. The molecule has 1 aliphatic heterocycles. The van der Waals surface area contributed by atoms with Crippen molar-refractivity contribution in [2.45, 2.75) is 46.3 Å². The van der Waals surface area contributed by atoms with Crippen LogP contribution in [-0.2, 0) is 6.54 Å². The van der Waals surface area contributed by atoms with Gasteiger partial charge in [0.25, 0.3) is 0 Å². The van der Waals surface area contributed by atoms with Gasteiger partial charge in [-0.25, -0.2) is 0 Å². The maximum absolute atomic E-state index is 2.61. The zero-order chi connectivity index (χ0) is 14.3. The van der Waals surface area contributed by atoms with Crippen molar-refractivity contribution < 1.29 is 0 Å². The lowest BCUT2D eigenvalue weighted by atomic mass is 9.94. The summed E-state index contributed by atoms with van der Waals surface area (Å²) in [6.45, 7) is 10.2. The molecule has 2 aromatic carbocycles. The number of fused-ring (bicyclic) bond motifs is 1. The molecule has 0 fully saturated rings. The summed E-state index contributed by atoms with van der Waals surface area (Å²) in [4.78, 5) is 2.61. The van der Waals surface area contributed by atoms with Gasteiger partial charge in [-0.3, -0.25) is 4.90 Å². The predicted octanol–water partition coefficient (Wildman–Crippen LogP) is 4.94. The zero-order valence-electron chi connectivity index (χ0n) is 12.9. The molecule has 0 saturated heterocycles. The van der Waals surface area contributed by atoms with E-state index in [0.29, 0.717) is 12.1 Å². The monoisotopic (exact) mass is 265 g/mol. The molecule has 1 heterocycles. The Hall–Kier alpha value is -1.60. The van der Waals surface area contributed by atoms with E-state index in [-0.39, 0.29) is 0 Å². The maximum atomic E-state index is 2.61. The lowest BCUT2D eigenvalue weighted by Gasteiger charge is -2.26. The number of hydrogen-bond donors (Lipinski definition) is 0. The summed E-state index contributed by atoms with van der Waals surface area (Å²) in [7, 11) is 0. The third-order valence-electron chi connectivity index (χ3n) is 4.76. The molecule has 1 nitrogen and oxygen atoms in total. The molecule has 1 aliphatic rings. The van der Waals surface area contributed by atoms with E-state index in [1.54, 1.807) is 11.1 Å². The van der Waals surface area contributed by atoms with E-state index in [1.165, 1.54) is 16.7 Å². The summed E-state index contributed by atoms with van der Waals surface area (Å²) >= 11 is 0. The lowest BCUT2D eigenvalue weighted by Crippen LogP contribution is -2.23. The summed E-state index contributed by atoms with van der Waals surface area (Å²) in [5.41, 5.74) is 7.36. The van der Waals surface area contributed by atoms with Crippen LogP contribution >= 0.6 is 0 Å². The van der Waals surface area contributed by atoms with Crippen molar-refractivity contribution in [2.24, 2.45) is 0 Å². The van der Waals surface area contributed by atoms with Crippen molar-refractivity contribution in [1.29, 1.82) is 0 Å². The molecule has 0 amide bonds. The Morgan fingerprint density at radius 2 is 1.30 bits per heavy atom. The van der Waals surface area contributed by atoms with Crippen LogP contribution < -0.4 is 0 Å². The number of rotatable bonds is 2. The molecule has 0 aliphatic carbocycles. The number of benzene rings is 2. The maximum Gasteiger partial charge on any atom is 0.0335 e. The van der Waals surface area contributed by atoms with E-state index in [1.807, 2.05) is 0 Å². The SMILES string of the molecule is Cc1ccc(C)c2c1C(C)N(Cc1ccccc1)C2C. The molecule has 0 aromatic heterocycles. The van der Waals surface area contributed by atoms with Crippen LogP contribution in [0.2, 0.25) is 0 Å². The van der Waals surface area contributed by atoms with Gasteiger partial charge in [0.05, 0.1) is 0 Å². The summed E-state index contributed by atoms with van der Waals surface area (Å²) in [6, 6.07) is 16.3. The Balaban J connectivity index is 1.97. The Kier molecular flexibility index (Phi) is 3.39. The molecule has 0 bridgehead atoms. The van der Waals surface area contributed by atoms with Crippen LogP contribution in [0.3, 0.4) is 0 Å². The van der Waals surface area contributed by atoms with Gasteiger partial charge in [0, 0.05) is 18.6 Å². The standard InChI is InChI=1S/C19H23N/c1-13-10-11-14(2)19-16(4)20(15(3)18(13)19)12-17-8-6-5-7-9-17/h5-11,15-16H,12H2,1-4H3. The summed E-state index contributed by atoms with van der Waals surface area (Å²) in [5, 5.41) is 0. The van der Waals surface area contributed by atoms with Gasteiger partial charge >= 0.3 is 0 Å². The predicted molar refractivity (Wildman–Crippen MR) is 84.7 cm³/mol. The molecule has 3 rings (SSSR count). The van der Waals surface area contributed by atoms with Crippen molar-refractivity contribution in [3.63, 3.8) is 0 Å². The fourth-order valence-corrected chi connectivity index (χ4v) is 3.70. The minimum atomic E-state index is 0.500. The summed E-state index contributed by atoms with van der Waals surface area (Å²) in [6.07, 6.45) is 0. The van der Waals surface area contributed by atoms with E-state index >= 15 is 0 Å². The van der Waals surface area contributed by atoms with Crippen LogP contribution in [0.5, 0.6) is 0 Å². The minimum absolute atomic E-state index is 0.500. The normalized spacial score (nSPS) is 22.0. The van der Waals surface area contributed by atoms with Crippen molar-refractivity contribution >= 4 is 0 Å². The third kappa shape index (κ3) is 2.06. The lowest BCUT2D eigenvalue weighted by molar-refractivity contribution is 0.173. The van der Waals surface area contributed by atoms with Crippen molar-refractivity contribution in [3.8, 4) is 0 Å². The molecule has 1 heteroatoms. The van der Waals surface area contributed by atoms with Crippen LogP contribution in [0, 0.1) is 13.8 Å². The first-order chi connectivity index (χ1) is 9.59. The van der Waals surface area contributed by atoms with E-state index in [9.17, 15) is 0 Å². The fourth-order valence-electron chi connectivity index (χ4n) is 3.70. The van der Waals surface area contributed by atoms with Crippen molar-refractivity contribution in [1.82, 2.24) is 4.90 Å². The first-order valence-corrected chi connectivity index (χ1v) is 7.49. The molecule has 0 saturated carbocycles. The highest BCUT2D eigenvalue weighted by Crippen LogP contribution is 2.45. The van der Waals surface area contributed by atoms with Gasteiger partial charge in [-0.05, 0) is 55.5 Å². The first-order valence-electron chi connectivity index (χ1n) is 7.49. The van der Waals surface area contributed by atoms with Crippen LogP contribution in [-0.4, -0.2) is 4.90 Å². The van der Waals surface area contributed by atoms with Crippen LogP contribution in [0.25, 0.3) is 0 Å². The number of nitrogens with zero attached hydrogens (tertiary/aromatic N) is 1. The quantitative estimate of drug-likeness (QED) is 0.743. The van der Waals surface area contributed by atoms with Crippen LogP contribution in [0.4, 0.5) is 0 Å². The Morgan fingerprint density at radius 1 is 0.800 bits per heavy atom. The van der Waals surface area contributed by atoms with Gasteiger partial charge in [0.1, 0.15) is 0 Å². The molecule has 0 radical (unpaired) electrons. The first kappa shape index (κ1) is 13.4. The van der Waals surface area contributed by atoms with Gasteiger partial charge in [0.2, 0.25) is 0 Å². The summed E-state index contributed by atoms with van der Waals surface area (Å²) in [5.74, 6) is 0. The van der Waals surface area contributed by atoms with Crippen molar-refractivity contribution in [2.75, 3.05) is 0 Å². The van der Waals surface area contributed by atoms with Gasteiger partial charge in [-0.2, -0.15) is 0 Å². The average molecular weight is 265 g/mol. The highest BCUT2D eigenvalue weighted by Gasteiger charge is 2.34. The molecule has 104 valence electrons. The zero-order valence-corrected chi connectivity index (χ0v) is 12.9. The Labute approximate surface area is 122 Å². The van der Waals surface area contributed by atoms with Crippen molar-refractivity contribution in [3.05, 3.63) is 70.3 Å². The molecular weight excluding hydrogens is 242 g/mol. The Morgan fingerprint density at radius 3 is 1.80 bits per heavy atom. The summed E-state index contributed by atoms with van der Waals surface area (Å²) < 4.78 is 0. The highest BCUT2D eigenvalue weighted by molar-refractivity contribution is 5.47. The van der Waals surface area contributed by atoms with Gasteiger partial charge < -0.3 is 0 Å². The molecule has 20 heavy (non-hydrogen) atoms. The topological polar surface area (TPSA) is 3.24 Å². The smallest absolute Gasteiger partial charge is 0.0335 e. The van der Waals surface area contributed by atoms with Gasteiger partial charge in [0.15, 0.2) is 0 Å². The second-order valence-corrected chi connectivity index (χ2v) is 6.04. The van der Waals surface area contributed by atoms with Crippen LogP contribution in [0.1, 0.15) is 53.7 Å². The van der Waals surface area contributed by atoms with E-state index < -0.39 is 0 Å². The highest BCUT2D eigenvalue weighted by atomic mass is 15.2. The molecule has 2 unspecified atom stereocenters. The molecular formula is C19H23N. The minimum Gasteiger partial charge on any atom is -0.286 e. The second-order valence-electron chi connectivity index (χ2n) is 6.04. The number of hydrogen-bond acceptors (Lipinski definition) is 1. The van der Waals surface area contributed by atoms with Gasteiger partial charge in [-0.15, -0.1) is 0 Å². The average Bonchev–Trinajstić information content (AvgIpc) is 2.70. The van der Waals surface area contributed by atoms with Crippen LogP contribution in [0.15, 0.2) is 42.5 Å². The van der Waals surface area contributed by atoms with E-state index in [2.05, 4.69) is 75.1 Å². The Bertz CT molecular complexity index is 580.